The molecule has 0 bridgehead atoms. The summed E-state index contributed by atoms with van der Waals surface area (Å²) in [6, 6.07) is 11.5. The zero-order chi connectivity index (χ0) is 16.9. The lowest BCUT2D eigenvalue weighted by atomic mass is 9.83. The zero-order valence-electron chi connectivity index (χ0n) is 13.7. The first-order chi connectivity index (χ1) is 11.5. The molecule has 0 amide bonds. The van der Waals surface area contributed by atoms with Gasteiger partial charge in [0.05, 0.1) is 6.10 Å². The minimum absolute atomic E-state index is 0.0130. The van der Waals surface area contributed by atoms with Crippen molar-refractivity contribution < 1.29 is 9.47 Å². The van der Waals surface area contributed by atoms with Crippen LogP contribution in [0.3, 0.4) is 0 Å². The Labute approximate surface area is 139 Å². The molecular weight excluding hydrogens is 308 g/mol. The van der Waals surface area contributed by atoms with E-state index in [-0.39, 0.29) is 29.1 Å². The van der Waals surface area contributed by atoms with Crippen LogP contribution in [0, 0.1) is 5.41 Å². The largest absolute Gasteiger partial charge is 0.344 e. The number of ether oxygens (including phenoxy) is 2. The van der Waals surface area contributed by atoms with Crippen molar-refractivity contribution in [3.8, 4) is 0 Å². The van der Waals surface area contributed by atoms with Crippen LogP contribution >= 0.6 is 0 Å². The molecule has 2 aliphatic rings. The molecule has 1 aromatic carbocycles. The van der Waals surface area contributed by atoms with E-state index in [0.29, 0.717) is 6.42 Å². The van der Waals surface area contributed by atoms with Crippen LogP contribution in [0.4, 0.5) is 0 Å². The minimum Gasteiger partial charge on any atom is -0.344 e. The fourth-order valence-corrected chi connectivity index (χ4v) is 3.68. The molecule has 0 radical (unpaired) electrons. The van der Waals surface area contributed by atoms with Gasteiger partial charge in [-0.25, -0.2) is 4.79 Å². The van der Waals surface area contributed by atoms with Gasteiger partial charge in [0, 0.05) is 31.1 Å². The van der Waals surface area contributed by atoms with Gasteiger partial charge in [0.1, 0.15) is 6.23 Å². The standard InChI is InChI=1S/C18H20N2O4/c1-18-10-13(12-6-4-3-5-7-12)23-16(18)24-15(11-18)20-9-8-14(21)19(2)17(20)22/h3-9,13,15-16H,10-11H2,1-2H3/t13-,15+,16-,18+/m1/s1. The molecule has 0 saturated carbocycles. The maximum absolute atomic E-state index is 12.3. The summed E-state index contributed by atoms with van der Waals surface area (Å²) in [7, 11) is 1.47. The third-order valence-electron chi connectivity index (χ3n) is 5.13. The van der Waals surface area contributed by atoms with E-state index in [1.54, 1.807) is 0 Å². The monoisotopic (exact) mass is 328 g/mol. The molecule has 2 aromatic rings. The summed E-state index contributed by atoms with van der Waals surface area (Å²) in [6.45, 7) is 2.13. The summed E-state index contributed by atoms with van der Waals surface area (Å²) in [5.41, 5.74) is 0.309. The molecule has 1 aromatic heterocycles. The molecule has 2 fully saturated rings. The number of fused-ring (bicyclic) bond motifs is 1. The molecular formula is C18H20N2O4. The lowest BCUT2D eigenvalue weighted by molar-refractivity contribution is -0.165. The Morgan fingerprint density at radius 1 is 1.08 bits per heavy atom. The van der Waals surface area contributed by atoms with Gasteiger partial charge in [-0.15, -0.1) is 0 Å². The van der Waals surface area contributed by atoms with Crippen LogP contribution in [-0.4, -0.2) is 15.4 Å². The molecule has 0 unspecified atom stereocenters. The molecule has 4 atom stereocenters. The average Bonchev–Trinajstić information content (AvgIpc) is 3.05. The molecule has 6 nitrogen and oxygen atoms in total. The highest BCUT2D eigenvalue weighted by molar-refractivity contribution is 5.19. The summed E-state index contributed by atoms with van der Waals surface area (Å²) in [6.07, 6.45) is 2.29. The van der Waals surface area contributed by atoms with Crippen molar-refractivity contribution in [2.75, 3.05) is 0 Å². The SMILES string of the molecule is Cn1c(=O)ccn([C@@H]2C[C@]3(C)C[C@H](c4ccccc4)O[C@@H]3O2)c1=O. The van der Waals surface area contributed by atoms with E-state index >= 15 is 0 Å². The van der Waals surface area contributed by atoms with Gasteiger partial charge in [-0.3, -0.25) is 13.9 Å². The quantitative estimate of drug-likeness (QED) is 0.845. The van der Waals surface area contributed by atoms with Crippen LogP contribution < -0.4 is 11.2 Å². The first kappa shape index (κ1) is 15.4. The number of nitrogens with zero attached hydrogens (tertiary/aromatic N) is 2. The number of hydrogen-bond donors (Lipinski definition) is 0. The van der Waals surface area contributed by atoms with E-state index in [1.807, 2.05) is 18.2 Å². The zero-order valence-corrected chi connectivity index (χ0v) is 13.7. The van der Waals surface area contributed by atoms with Gasteiger partial charge in [0.25, 0.3) is 5.56 Å². The van der Waals surface area contributed by atoms with Gasteiger partial charge in [-0.2, -0.15) is 0 Å². The molecule has 0 aliphatic carbocycles. The summed E-state index contributed by atoms with van der Waals surface area (Å²) in [5, 5.41) is 0. The highest BCUT2D eigenvalue weighted by Crippen LogP contribution is 2.55. The molecule has 24 heavy (non-hydrogen) atoms. The van der Waals surface area contributed by atoms with Crippen LogP contribution in [0.15, 0.2) is 52.2 Å². The Morgan fingerprint density at radius 3 is 2.54 bits per heavy atom. The van der Waals surface area contributed by atoms with Gasteiger partial charge in [0.2, 0.25) is 0 Å². The predicted octanol–water partition coefficient (Wildman–Crippen LogP) is 1.96. The first-order valence-electron chi connectivity index (χ1n) is 8.12. The second kappa shape index (κ2) is 5.43. The van der Waals surface area contributed by atoms with E-state index in [2.05, 4.69) is 19.1 Å². The topological polar surface area (TPSA) is 62.5 Å². The minimum atomic E-state index is -0.406. The van der Waals surface area contributed by atoms with E-state index in [9.17, 15) is 9.59 Å². The lowest BCUT2D eigenvalue weighted by Crippen LogP contribution is -2.38. The van der Waals surface area contributed by atoms with Gasteiger partial charge in [0.15, 0.2) is 6.29 Å². The van der Waals surface area contributed by atoms with Crippen molar-refractivity contribution in [2.45, 2.75) is 38.4 Å². The van der Waals surface area contributed by atoms with Crippen molar-refractivity contribution in [2.24, 2.45) is 12.5 Å². The van der Waals surface area contributed by atoms with Crippen LogP contribution in [0.2, 0.25) is 0 Å². The average molecular weight is 328 g/mol. The van der Waals surface area contributed by atoms with Gasteiger partial charge >= 0.3 is 5.69 Å². The highest BCUT2D eigenvalue weighted by atomic mass is 16.7. The fourth-order valence-electron chi connectivity index (χ4n) is 3.68. The van der Waals surface area contributed by atoms with E-state index in [4.69, 9.17) is 9.47 Å². The summed E-state index contributed by atoms with van der Waals surface area (Å²) in [5.74, 6) is 0. The maximum Gasteiger partial charge on any atom is 0.332 e. The van der Waals surface area contributed by atoms with E-state index < -0.39 is 6.23 Å². The third kappa shape index (κ3) is 2.34. The Hall–Kier alpha value is -2.18. The molecule has 4 rings (SSSR count). The first-order valence-corrected chi connectivity index (χ1v) is 8.12. The number of aromatic nitrogens is 2. The molecule has 0 spiro atoms. The summed E-state index contributed by atoms with van der Waals surface area (Å²) < 4.78 is 14.7. The molecule has 2 aliphatic heterocycles. The fraction of sp³-hybridized carbons (Fsp3) is 0.444. The number of rotatable bonds is 2. The van der Waals surface area contributed by atoms with Gasteiger partial charge in [-0.05, 0) is 12.0 Å². The maximum atomic E-state index is 12.3. The molecule has 2 saturated heterocycles. The third-order valence-corrected chi connectivity index (χ3v) is 5.13. The van der Waals surface area contributed by atoms with Gasteiger partial charge < -0.3 is 9.47 Å². The second-order valence-corrected chi connectivity index (χ2v) is 6.92. The van der Waals surface area contributed by atoms with Crippen molar-refractivity contribution in [1.29, 1.82) is 0 Å². The van der Waals surface area contributed by atoms with Crippen LogP contribution in [0.5, 0.6) is 0 Å². The summed E-state index contributed by atoms with van der Waals surface area (Å²) in [4.78, 5) is 23.8. The molecule has 3 heterocycles. The van der Waals surface area contributed by atoms with Crippen LogP contribution in [0.25, 0.3) is 0 Å². The Morgan fingerprint density at radius 2 is 1.83 bits per heavy atom. The molecule has 0 N–H and O–H groups in total. The molecule has 126 valence electrons. The Bertz CT molecular complexity index is 873. The van der Waals surface area contributed by atoms with Gasteiger partial charge in [-0.1, -0.05) is 37.3 Å². The number of hydrogen-bond acceptors (Lipinski definition) is 4. The Kier molecular flexibility index (Phi) is 3.47. The number of benzene rings is 1. The lowest BCUT2D eigenvalue weighted by Gasteiger charge is -2.19. The van der Waals surface area contributed by atoms with Crippen molar-refractivity contribution >= 4 is 0 Å². The van der Waals surface area contributed by atoms with E-state index in [0.717, 1.165) is 16.6 Å². The summed E-state index contributed by atoms with van der Waals surface area (Å²) >= 11 is 0. The normalized spacial score (nSPS) is 32.0. The Balaban J connectivity index is 1.58. The smallest absolute Gasteiger partial charge is 0.332 e. The van der Waals surface area contributed by atoms with Crippen LogP contribution in [-0.2, 0) is 16.5 Å². The highest BCUT2D eigenvalue weighted by Gasteiger charge is 2.53. The van der Waals surface area contributed by atoms with Crippen molar-refractivity contribution in [3.63, 3.8) is 0 Å². The molecule has 6 heteroatoms. The van der Waals surface area contributed by atoms with Crippen LogP contribution in [0.1, 0.15) is 37.7 Å². The predicted molar refractivity (Wildman–Crippen MR) is 87.5 cm³/mol. The van der Waals surface area contributed by atoms with Crippen molar-refractivity contribution in [3.05, 3.63) is 69.0 Å². The van der Waals surface area contributed by atoms with E-state index in [1.165, 1.54) is 23.9 Å². The second-order valence-electron chi connectivity index (χ2n) is 6.92. The van der Waals surface area contributed by atoms with Crippen molar-refractivity contribution in [1.82, 2.24) is 9.13 Å².